The van der Waals surface area contributed by atoms with Crippen molar-refractivity contribution < 1.29 is 4.79 Å². The highest BCUT2D eigenvalue weighted by molar-refractivity contribution is 6.30. The fourth-order valence-electron chi connectivity index (χ4n) is 3.02. The number of anilines is 1. The maximum Gasteiger partial charge on any atom is 0.227 e. The Morgan fingerprint density at radius 3 is 2.42 bits per heavy atom. The molecule has 0 spiro atoms. The van der Waals surface area contributed by atoms with Crippen LogP contribution in [0, 0.1) is 5.92 Å². The maximum absolute atomic E-state index is 12.4. The van der Waals surface area contributed by atoms with E-state index in [0.29, 0.717) is 5.02 Å². The largest absolute Gasteiger partial charge is 0.326 e. The predicted octanol–water partition coefficient (Wildman–Crippen LogP) is 4.84. The zero-order valence-corrected chi connectivity index (χ0v) is 14.9. The monoisotopic (exact) mass is 362 g/mol. The van der Waals surface area contributed by atoms with Crippen LogP contribution in [0.2, 0.25) is 10.0 Å². The first-order chi connectivity index (χ1) is 11.6. The summed E-state index contributed by atoms with van der Waals surface area (Å²) in [6, 6.07) is 15.2. The van der Waals surface area contributed by atoms with Crippen molar-refractivity contribution in [3.63, 3.8) is 0 Å². The van der Waals surface area contributed by atoms with E-state index in [4.69, 9.17) is 23.2 Å². The first-order valence-corrected chi connectivity index (χ1v) is 8.89. The number of hydrogen-bond acceptors (Lipinski definition) is 2. The first-order valence-electron chi connectivity index (χ1n) is 8.13. The molecule has 1 N–H and O–H groups in total. The first kappa shape index (κ1) is 17.3. The normalized spacial score (nSPS) is 16.1. The molecule has 0 radical (unpaired) electrons. The molecule has 1 aliphatic rings. The van der Waals surface area contributed by atoms with Crippen molar-refractivity contribution >= 4 is 34.8 Å². The second-order valence-corrected chi connectivity index (χ2v) is 7.05. The fraction of sp³-hybridized carbons (Fsp3) is 0.316. The minimum absolute atomic E-state index is 0.0660. The van der Waals surface area contributed by atoms with E-state index in [1.165, 1.54) is 5.56 Å². The molecule has 0 aromatic heterocycles. The van der Waals surface area contributed by atoms with Gasteiger partial charge < -0.3 is 5.32 Å². The Balaban J connectivity index is 1.49. The van der Waals surface area contributed by atoms with Crippen LogP contribution in [0.25, 0.3) is 0 Å². The van der Waals surface area contributed by atoms with Gasteiger partial charge in [-0.3, -0.25) is 9.69 Å². The van der Waals surface area contributed by atoms with Crippen molar-refractivity contribution in [2.24, 2.45) is 5.92 Å². The standard InChI is InChI=1S/C19H20Cl2N2O/c20-16-4-6-18(7-5-16)22-19(24)15-8-10-23(11-9-15)13-14-2-1-3-17(21)12-14/h1-7,12,15H,8-11,13H2,(H,22,24). The Bertz CT molecular complexity index is 695. The lowest BCUT2D eigenvalue weighted by molar-refractivity contribution is -0.121. The van der Waals surface area contributed by atoms with Gasteiger partial charge in [-0.05, 0) is 67.9 Å². The number of piperidine rings is 1. The minimum Gasteiger partial charge on any atom is -0.326 e. The lowest BCUT2D eigenvalue weighted by Gasteiger charge is -2.31. The number of halogens is 2. The van der Waals surface area contributed by atoms with Gasteiger partial charge in [0.15, 0.2) is 0 Å². The molecule has 1 fully saturated rings. The smallest absolute Gasteiger partial charge is 0.227 e. The number of hydrogen-bond donors (Lipinski definition) is 1. The number of likely N-dealkylation sites (tertiary alicyclic amines) is 1. The molecule has 5 heteroatoms. The number of rotatable bonds is 4. The maximum atomic E-state index is 12.4. The topological polar surface area (TPSA) is 32.3 Å². The van der Waals surface area contributed by atoms with Crippen LogP contribution in [-0.2, 0) is 11.3 Å². The summed E-state index contributed by atoms with van der Waals surface area (Å²) < 4.78 is 0. The SMILES string of the molecule is O=C(Nc1ccc(Cl)cc1)C1CCN(Cc2cccc(Cl)c2)CC1. The number of carbonyl (C=O) groups is 1. The van der Waals surface area contributed by atoms with Crippen LogP contribution in [0.5, 0.6) is 0 Å². The van der Waals surface area contributed by atoms with Crippen LogP contribution >= 0.6 is 23.2 Å². The van der Waals surface area contributed by atoms with E-state index >= 15 is 0 Å². The number of amides is 1. The molecule has 1 aliphatic heterocycles. The van der Waals surface area contributed by atoms with Crippen molar-refractivity contribution in [2.75, 3.05) is 18.4 Å². The average Bonchev–Trinajstić information content (AvgIpc) is 2.57. The third-order valence-corrected chi connectivity index (χ3v) is 4.85. The second-order valence-electron chi connectivity index (χ2n) is 6.18. The molecule has 1 amide bonds. The van der Waals surface area contributed by atoms with E-state index in [9.17, 15) is 4.79 Å². The molecule has 1 saturated heterocycles. The fourth-order valence-corrected chi connectivity index (χ4v) is 3.36. The number of nitrogens with one attached hydrogen (secondary N) is 1. The lowest BCUT2D eigenvalue weighted by atomic mass is 9.95. The summed E-state index contributed by atoms with van der Waals surface area (Å²) in [5.41, 5.74) is 2.01. The predicted molar refractivity (Wildman–Crippen MR) is 99.5 cm³/mol. The summed E-state index contributed by atoms with van der Waals surface area (Å²) in [5.74, 6) is 0.163. The van der Waals surface area contributed by atoms with Crippen LogP contribution in [0.4, 0.5) is 5.69 Å². The van der Waals surface area contributed by atoms with Crippen LogP contribution in [-0.4, -0.2) is 23.9 Å². The molecule has 1 heterocycles. The average molecular weight is 363 g/mol. The van der Waals surface area contributed by atoms with Gasteiger partial charge in [-0.1, -0.05) is 35.3 Å². The Labute approximate surface area is 152 Å². The van der Waals surface area contributed by atoms with Gasteiger partial charge in [0.1, 0.15) is 0 Å². The molecule has 0 bridgehead atoms. The van der Waals surface area contributed by atoms with E-state index in [1.807, 2.05) is 30.3 Å². The highest BCUT2D eigenvalue weighted by atomic mass is 35.5. The van der Waals surface area contributed by atoms with Crippen LogP contribution in [0.1, 0.15) is 18.4 Å². The van der Waals surface area contributed by atoms with Gasteiger partial charge in [0.05, 0.1) is 0 Å². The zero-order valence-electron chi connectivity index (χ0n) is 13.3. The third-order valence-electron chi connectivity index (χ3n) is 4.37. The van der Waals surface area contributed by atoms with E-state index in [2.05, 4.69) is 16.3 Å². The van der Waals surface area contributed by atoms with Crippen molar-refractivity contribution in [1.82, 2.24) is 4.90 Å². The summed E-state index contributed by atoms with van der Waals surface area (Å²) in [4.78, 5) is 14.8. The van der Waals surface area contributed by atoms with Crippen LogP contribution in [0.3, 0.4) is 0 Å². The van der Waals surface area contributed by atoms with E-state index < -0.39 is 0 Å². The summed E-state index contributed by atoms with van der Waals surface area (Å²) in [5, 5.41) is 4.41. The summed E-state index contributed by atoms with van der Waals surface area (Å²) in [7, 11) is 0. The van der Waals surface area contributed by atoms with E-state index in [1.54, 1.807) is 12.1 Å². The zero-order chi connectivity index (χ0) is 16.9. The van der Waals surface area contributed by atoms with E-state index in [0.717, 1.165) is 43.2 Å². The molecule has 0 aliphatic carbocycles. The molecule has 2 aromatic rings. The Morgan fingerprint density at radius 1 is 1.04 bits per heavy atom. The third kappa shape index (κ3) is 4.73. The molecule has 0 atom stereocenters. The molecule has 0 saturated carbocycles. The summed E-state index contributed by atoms with van der Waals surface area (Å²) in [6.45, 7) is 2.72. The molecular weight excluding hydrogens is 343 g/mol. The Kier molecular flexibility index (Phi) is 5.77. The van der Waals surface area contributed by atoms with Gasteiger partial charge in [-0.25, -0.2) is 0 Å². The number of benzene rings is 2. The Hall–Kier alpha value is -1.55. The molecule has 0 unspecified atom stereocenters. The molecule has 24 heavy (non-hydrogen) atoms. The van der Waals surface area contributed by atoms with Crippen LogP contribution in [0.15, 0.2) is 48.5 Å². The van der Waals surface area contributed by atoms with Gasteiger partial charge in [-0.2, -0.15) is 0 Å². The molecular formula is C19H20Cl2N2O. The summed E-state index contributed by atoms with van der Waals surface area (Å²) in [6.07, 6.45) is 1.75. The lowest BCUT2D eigenvalue weighted by Crippen LogP contribution is -2.37. The van der Waals surface area contributed by atoms with Gasteiger partial charge >= 0.3 is 0 Å². The molecule has 2 aromatic carbocycles. The number of nitrogens with zero attached hydrogens (tertiary/aromatic N) is 1. The van der Waals surface area contributed by atoms with E-state index in [-0.39, 0.29) is 11.8 Å². The van der Waals surface area contributed by atoms with Gasteiger partial charge in [0.25, 0.3) is 0 Å². The van der Waals surface area contributed by atoms with Crippen molar-refractivity contribution in [3.8, 4) is 0 Å². The second kappa shape index (κ2) is 8.02. The minimum atomic E-state index is 0.0660. The van der Waals surface area contributed by atoms with Crippen molar-refractivity contribution in [2.45, 2.75) is 19.4 Å². The van der Waals surface area contributed by atoms with Crippen LogP contribution < -0.4 is 5.32 Å². The quantitative estimate of drug-likeness (QED) is 0.843. The summed E-state index contributed by atoms with van der Waals surface area (Å²) >= 11 is 11.9. The number of carbonyl (C=O) groups excluding carboxylic acids is 1. The molecule has 126 valence electrons. The molecule has 3 rings (SSSR count). The van der Waals surface area contributed by atoms with Gasteiger partial charge in [-0.15, -0.1) is 0 Å². The highest BCUT2D eigenvalue weighted by Crippen LogP contribution is 2.22. The van der Waals surface area contributed by atoms with Gasteiger partial charge in [0.2, 0.25) is 5.91 Å². The molecule has 3 nitrogen and oxygen atoms in total. The van der Waals surface area contributed by atoms with Crippen molar-refractivity contribution in [3.05, 3.63) is 64.1 Å². The van der Waals surface area contributed by atoms with Gasteiger partial charge in [0, 0.05) is 28.2 Å². The van der Waals surface area contributed by atoms with Crippen molar-refractivity contribution in [1.29, 1.82) is 0 Å². The highest BCUT2D eigenvalue weighted by Gasteiger charge is 2.25. The Morgan fingerprint density at radius 2 is 1.75 bits per heavy atom.